The molecule has 2 aliphatic heterocycles. The number of likely N-dealkylation sites (N-methyl/N-ethyl adjacent to an activating group) is 1. The highest BCUT2D eigenvalue weighted by Gasteiger charge is 2.46. The van der Waals surface area contributed by atoms with Crippen LogP contribution in [0.15, 0.2) is 24.5 Å². The Morgan fingerprint density at radius 2 is 1.96 bits per heavy atom. The second-order valence-corrected chi connectivity index (χ2v) is 6.96. The number of halogens is 3. The molecule has 8 heteroatoms. The van der Waals surface area contributed by atoms with Gasteiger partial charge in [0.15, 0.2) is 0 Å². The molecule has 0 aromatic carbocycles. The van der Waals surface area contributed by atoms with Gasteiger partial charge in [0.2, 0.25) is 0 Å². The van der Waals surface area contributed by atoms with Crippen LogP contribution in [0, 0.1) is 0 Å². The fourth-order valence-electron chi connectivity index (χ4n) is 4.40. The molecule has 2 aromatic rings. The van der Waals surface area contributed by atoms with Crippen LogP contribution in [0.3, 0.4) is 0 Å². The first-order chi connectivity index (χ1) is 12.4. The maximum absolute atomic E-state index is 12.9. The lowest BCUT2D eigenvalue weighted by atomic mass is 9.78. The van der Waals surface area contributed by atoms with Crippen molar-refractivity contribution in [2.24, 2.45) is 0 Å². The fraction of sp³-hybridized carbons (Fsp3) is 0.556. The van der Waals surface area contributed by atoms with E-state index in [1.54, 1.807) is 12.4 Å². The van der Waals surface area contributed by atoms with Gasteiger partial charge in [-0.05, 0) is 31.5 Å². The fourth-order valence-corrected chi connectivity index (χ4v) is 4.40. The SMILES string of the molecule is CCN1CCc2[nH]cnc2C12CCN(c1cccc(C(F)(F)F)n1)CC2. The molecule has 1 spiro atoms. The number of H-pyrrole nitrogens is 1. The molecule has 1 fully saturated rings. The van der Waals surface area contributed by atoms with Crippen molar-refractivity contribution in [2.75, 3.05) is 31.1 Å². The van der Waals surface area contributed by atoms with E-state index in [-0.39, 0.29) is 5.54 Å². The normalized spacial score (nSPS) is 20.4. The van der Waals surface area contributed by atoms with Gasteiger partial charge in [-0.25, -0.2) is 9.97 Å². The van der Waals surface area contributed by atoms with Crippen molar-refractivity contribution in [1.29, 1.82) is 0 Å². The minimum absolute atomic E-state index is 0.125. The Labute approximate surface area is 150 Å². The maximum atomic E-state index is 12.9. The van der Waals surface area contributed by atoms with Crippen molar-refractivity contribution in [3.8, 4) is 0 Å². The van der Waals surface area contributed by atoms with E-state index < -0.39 is 11.9 Å². The molecule has 1 N–H and O–H groups in total. The molecule has 0 saturated carbocycles. The number of pyridine rings is 1. The van der Waals surface area contributed by atoms with Gasteiger partial charge >= 0.3 is 6.18 Å². The van der Waals surface area contributed by atoms with Gasteiger partial charge in [0.25, 0.3) is 0 Å². The summed E-state index contributed by atoms with van der Waals surface area (Å²) in [6.07, 6.45) is -0.0390. The molecule has 2 aromatic heterocycles. The van der Waals surface area contributed by atoms with Crippen LogP contribution in [0.25, 0.3) is 0 Å². The first-order valence-corrected chi connectivity index (χ1v) is 9.01. The molecule has 0 aliphatic carbocycles. The number of fused-ring (bicyclic) bond motifs is 2. The molecule has 0 atom stereocenters. The van der Waals surface area contributed by atoms with E-state index in [2.05, 4.69) is 26.8 Å². The number of alkyl halides is 3. The Bertz CT molecular complexity index is 777. The molecule has 0 bridgehead atoms. The molecule has 2 aliphatic rings. The standard InChI is InChI=1S/C18H22F3N5/c1-2-26-9-6-13-16(23-12-22-13)17(26)7-10-25(11-8-17)15-5-3-4-14(24-15)18(19,20)21/h3-5,12H,2,6-11H2,1H3,(H,22,23). The first-order valence-electron chi connectivity index (χ1n) is 9.01. The van der Waals surface area contributed by atoms with Crippen molar-refractivity contribution in [2.45, 2.75) is 37.9 Å². The predicted octanol–water partition coefficient (Wildman–Crippen LogP) is 3.20. The highest BCUT2D eigenvalue weighted by Crippen LogP contribution is 2.42. The third-order valence-electron chi connectivity index (χ3n) is 5.72. The van der Waals surface area contributed by atoms with Crippen molar-refractivity contribution in [3.63, 3.8) is 0 Å². The molecule has 1 saturated heterocycles. The zero-order valence-corrected chi connectivity index (χ0v) is 14.7. The van der Waals surface area contributed by atoms with Crippen molar-refractivity contribution < 1.29 is 13.2 Å². The third kappa shape index (κ3) is 2.76. The van der Waals surface area contributed by atoms with Crippen molar-refractivity contribution in [3.05, 3.63) is 41.6 Å². The van der Waals surface area contributed by atoms with Gasteiger partial charge in [0, 0.05) is 31.7 Å². The molecule has 0 radical (unpaired) electrons. The number of aromatic nitrogens is 3. The molecular formula is C18H22F3N5. The van der Waals surface area contributed by atoms with Gasteiger partial charge in [-0.3, -0.25) is 4.90 Å². The average molecular weight is 365 g/mol. The van der Waals surface area contributed by atoms with Crippen LogP contribution in [-0.4, -0.2) is 46.0 Å². The summed E-state index contributed by atoms with van der Waals surface area (Å²) < 4.78 is 38.8. The minimum atomic E-state index is -4.42. The van der Waals surface area contributed by atoms with E-state index in [1.807, 2.05) is 4.90 Å². The highest BCUT2D eigenvalue weighted by molar-refractivity contribution is 5.41. The number of anilines is 1. The number of hydrogen-bond acceptors (Lipinski definition) is 4. The summed E-state index contributed by atoms with van der Waals surface area (Å²) in [4.78, 5) is 16.1. The van der Waals surface area contributed by atoms with Crippen LogP contribution >= 0.6 is 0 Å². The minimum Gasteiger partial charge on any atom is -0.356 e. The summed E-state index contributed by atoms with van der Waals surface area (Å²) in [5.74, 6) is 0.399. The number of nitrogens with one attached hydrogen (secondary N) is 1. The molecule has 4 heterocycles. The van der Waals surface area contributed by atoms with Gasteiger partial charge in [0.1, 0.15) is 11.5 Å². The Morgan fingerprint density at radius 3 is 2.65 bits per heavy atom. The van der Waals surface area contributed by atoms with E-state index in [1.165, 1.54) is 11.8 Å². The quantitative estimate of drug-likeness (QED) is 0.888. The lowest BCUT2D eigenvalue weighted by Gasteiger charge is -2.50. The van der Waals surface area contributed by atoms with Crippen LogP contribution in [0.5, 0.6) is 0 Å². The third-order valence-corrected chi connectivity index (χ3v) is 5.72. The second-order valence-electron chi connectivity index (χ2n) is 6.96. The summed E-state index contributed by atoms with van der Waals surface area (Å²) >= 11 is 0. The number of hydrogen-bond donors (Lipinski definition) is 1. The molecular weight excluding hydrogens is 343 g/mol. The predicted molar refractivity (Wildman–Crippen MR) is 91.9 cm³/mol. The molecule has 140 valence electrons. The number of piperidine rings is 1. The van der Waals surface area contributed by atoms with Crippen LogP contribution in [0.4, 0.5) is 19.0 Å². The van der Waals surface area contributed by atoms with Crippen LogP contribution < -0.4 is 4.90 Å². The van der Waals surface area contributed by atoms with Crippen LogP contribution in [0.2, 0.25) is 0 Å². The topological polar surface area (TPSA) is 48.1 Å². The van der Waals surface area contributed by atoms with E-state index in [9.17, 15) is 13.2 Å². The van der Waals surface area contributed by atoms with E-state index in [0.29, 0.717) is 18.9 Å². The average Bonchev–Trinajstić information content (AvgIpc) is 3.12. The number of nitrogens with zero attached hydrogens (tertiary/aromatic N) is 4. The first kappa shape index (κ1) is 17.3. The highest BCUT2D eigenvalue weighted by atomic mass is 19.4. The van der Waals surface area contributed by atoms with Gasteiger partial charge in [-0.15, -0.1) is 0 Å². The Hall–Kier alpha value is -2.09. The van der Waals surface area contributed by atoms with Gasteiger partial charge in [0.05, 0.1) is 17.6 Å². The Balaban J connectivity index is 1.58. The van der Waals surface area contributed by atoms with Crippen molar-refractivity contribution in [1.82, 2.24) is 19.9 Å². The Kier molecular flexibility index (Phi) is 4.17. The lowest BCUT2D eigenvalue weighted by Crippen LogP contribution is -2.56. The smallest absolute Gasteiger partial charge is 0.356 e. The zero-order chi connectivity index (χ0) is 18.4. The van der Waals surface area contributed by atoms with Crippen molar-refractivity contribution >= 4 is 5.82 Å². The van der Waals surface area contributed by atoms with Crippen LogP contribution in [0.1, 0.15) is 36.8 Å². The van der Waals surface area contributed by atoms with E-state index in [0.717, 1.165) is 44.1 Å². The molecule has 0 unspecified atom stereocenters. The summed E-state index contributed by atoms with van der Waals surface area (Å²) in [6, 6.07) is 4.11. The number of aromatic amines is 1. The zero-order valence-electron chi connectivity index (χ0n) is 14.7. The maximum Gasteiger partial charge on any atom is 0.433 e. The summed E-state index contributed by atoms with van der Waals surface area (Å²) in [7, 11) is 0. The molecule has 4 rings (SSSR count). The summed E-state index contributed by atoms with van der Waals surface area (Å²) in [6.45, 7) is 5.40. The van der Waals surface area contributed by atoms with E-state index in [4.69, 9.17) is 0 Å². The molecule has 5 nitrogen and oxygen atoms in total. The lowest BCUT2D eigenvalue weighted by molar-refractivity contribution is -0.141. The number of rotatable bonds is 2. The van der Waals surface area contributed by atoms with Crippen LogP contribution in [-0.2, 0) is 18.1 Å². The second kappa shape index (κ2) is 6.26. The van der Waals surface area contributed by atoms with Gasteiger partial charge < -0.3 is 9.88 Å². The van der Waals surface area contributed by atoms with Gasteiger partial charge in [-0.2, -0.15) is 13.2 Å². The Morgan fingerprint density at radius 1 is 1.19 bits per heavy atom. The monoisotopic (exact) mass is 365 g/mol. The largest absolute Gasteiger partial charge is 0.433 e. The molecule has 0 amide bonds. The van der Waals surface area contributed by atoms with Gasteiger partial charge in [-0.1, -0.05) is 13.0 Å². The summed E-state index contributed by atoms with van der Waals surface area (Å²) in [5, 5.41) is 0. The summed E-state index contributed by atoms with van der Waals surface area (Å²) in [5.41, 5.74) is 1.35. The molecule has 26 heavy (non-hydrogen) atoms. The number of imidazole rings is 1. The van der Waals surface area contributed by atoms with E-state index >= 15 is 0 Å².